The molecule has 2 aromatic rings. The van der Waals surface area contributed by atoms with E-state index in [1.807, 2.05) is 30.3 Å². The van der Waals surface area contributed by atoms with Crippen molar-refractivity contribution in [3.05, 3.63) is 65.5 Å². The summed E-state index contributed by atoms with van der Waals surface area (Å²) in [5.74, 6) is -0.737. The normalized spacial score (nSPS) is 18.2. The standard InChI is InChI=1S/C17H18N2O2/c20-17(21)16-11-14-3-1-2-4-15(14)12-19(16)10-7-13-5-8-18-9-6-13/h1-6,8-9,16H,7,10-12H2,(H,20,21). The van der Waals surface area contributed by atoms with Crippen LogP contribution < -0.4 is 0 Å². The Kier molecular flexibility index (Phi) is 3.97. The Hall–Kier alpha value is -2.20. The first-order chi connectivity index (χ1) is 10.2. The first-order valence-corrected chi connectivity index (χ1v) is 7.16. The number of carbonyl (C=O) groups is 1. The third-order valence-corrected chi connectivity index (χ3v) is 4.07. The monoisotopic (exact) mass is 282 g/mol. The quantitative estimate of drug-likeness (QED) is 0.933. The molecule has 0 saturated heterocycles. The van der Waals surface area contributed by atoms with E-state index in [1.54, 1.807) is 12.4 Å². The summed E-state index contributed by atoms with van der Waals surface area (Å²) < 4.78 is 0. The van der Waals surface area contributed by atoms with Gasteiger partial charge in [0.25, 0.3) is 0 Å². The molecule has 1 aromatic carbocycles. The summed E-state index contributed by atoms with van der Waals surface area (Å²) in [5.41, 5.74) is 3.59. The van der Waals surface area contributed by atoms with Crippen molar-refractivity contribution < 1.29 is 9.90 Å². The Balaban J connectivity index is 1.75. The van der Waals surface area contributed by atoms with E-state index in [2.05, 4.69) is 16.0 Å². The highest BCUT2D eigenvalue weighted by molar-refractivity contribution is 5.74. The van der Waals surface area contributed by atoms with Gasteiger partial charge in [-0.2, -0.15) is 0 Å². The van der Waals surface area contributed by atoms with Crippen LogP contribution in [-0.4, -0.2) is 33.5 Å². The van der Waals surface area contributed by atoms with Gasteiger partial charge < -0.3 is 5.11 Å². The van der Waals surface area contributed by atoms with E-state index >= 15 is 0 Å². The van der Waals surface area contributed by atoms with Crippen LogP contribution in [0.1, 0.15) is 16.7 Å². The lowest BCUT2D eigenvalue weighted by atomic mass is 9.93. The van der Waals surface area contributed by atoms with E-state index in [-0.39, 0.29) is 0 Å². The number of nitrogens with zero attached hydrogens (tertiary/aromatic N) is 2. The predicted octanol–water partition coefficient (Wildman–Crippen LogP) is 2.14. The molecule has 1 aromatic heterocycles. The van der Waals surface area contributed by atoms with E-state index in [1.165, 1.54) is 11.1 Å². The van der Waals surface area contributed by atoms with E-state index in [4.69, 9.17) is 0 Å². The summed E-state index contributed by atoms with van der Waals surface area (Å²) in [5, 5.41) is 9.48. The van der Waals surface area contributed by atoms with Crippen molar-refractivity contribution in [1.29, 1.82) is 0 Å². The summed E-state index contributed by atoms with van der Waals surface area (Å²) in [6.45, 7) is 1.45. The van der Waals surface area contributed by atoms with E-state index < -0.39 is 12.0 Å². The summed E-state index contributed by atoms with van der Waals surface area (Å²) in [7, 11) is 0. The minimum Gasteiger partial charge on any atom is -0.480 e. The molecule has 108 valence electrons. The Labute approximate surface area is 124 Å². The number of aliphatic carboxylic acids is 1. The Morgan fingerprint density at radius 2 is 1.90 bits per heavy atom. The lowest BCUT2D eigenvalue weighted by molar-refractivity contribution is -0.143. The summed E-state index contributed by atoms with van der Waals surface area (Å²) in [6, 6.07) is 11.6. The van der Waals surface area contributed by atoms with Crippen LogP contribution in [0.15, 0.2) is 48.8 Å². The molecule has 0 saturated carbocycles. The average Bonchev–Trinajstić information content (AvgIpc) is 2.53. The largest absolute Gasteiger partial charge is 0.480 e. The fraction of sp³-hybridized carbons (Fsp3) is 0.294. The average molecular weight is 282 g/mol. The number of pyridine rings is 1. The zero-order valence-electron chi connectivity index (χ0n) is 11.8. The molecule has 0 spiro atoms. The second-order valence-corrected chi connectivity index (χ2v) is 5.40. The molecule has 1 N–H and O–H groups in total. The second-order valence-electron chi connectivity index (χ2n) is 5.40. The number of rotatable bonds is 4. The van der Waals surface area contributed by atoms with Crippen LogP contribution >= 0.6 is 0 Å². The number of aromatic nitrogens is 1. The molecule has 1 atom stereocenters. The van der Waals surface area contributed by atoms with Gasteiger partial charge in [0.1, 0.15) is 6.04 Å². The lowest BCUT2D eigenvalue weighted by Crippen LogP contribution is -2.46. The van der Waals surface area contributed by atoms with Gasteiger partial charge in [-0.15, -0.1) is 0 Å². The molecule has 0 amide bonds. The topological polar surface area (TPSA) is 53.4 Å². The molecule has 4 heteroatoms. The van der Waals surface area contributed by atoms with Gasteiger partial charge in [0.05, 0.1) is 0 Å². The maximum absolute atomic E-state index is 11.5. The number of benzene rings is 1. The smallest absolute Gasteiger partial charge is 0.321 e. The highest BCUT2D eigenvalue weighted by Gasteiger charge is 2.30. The second kappa shape index (κ2) is 6.06. The maximum atomic E-state index is 11.5. The first kappa shape index (κ1) is 13.8. The lowest BCUT2D eigenvalue weighted by Gasteiger charge is -2.34. The van der Waals surface area contributed by atoms with Crippen LogP contribution in [0.5, 0.6) is 0 Å². The fourth-order valence-electron chi connectivity index (χ4n) is 2.88. The van der Waals surface area contributed by atoms with Crippen molar-refractivity contribution in [2.45, 2.75) is 25.4 Å². The minimum atomic E-state index is -0.737. The Morgan fingerprint density at radius 1 is 1.19 bits per heavy atom. The first-order valence-electron chi connectivity index (χ1n) is 7.16. The van der Waals surface area contributed by atoms with Gasteiger partial charge in [0.2, 0.25) is 0 Å². The molecule has 2 heterocycles. The minimum absolute atomic E-state index is 0.429. The van der Waals surface area contributed by atoms with Crippen LogP contribution in [0.3, 0.4) is 0 Å². The molecule has 0 fully saturated rings. The third-order valence-electron chi connectivity index (χ3n) is 4.07. The molecule has 0 bridgehead atoms. The fourth-order valence-corrected chi connectivity index (χ4v) is 2.88. The van der Waals surface area contributed by atoms with E-state index in [9.17, 15) is 9.90 Å². The Bertz CT molecular complexity index is 628. The van der Waals surface area contributed by atoms with Gasteiger partial charge >= 0.3 is 5.97 Å². The van der Waals surface area contributed by atoms with Gasteiger partial charge in [-0.3, -0.25) is 14.7 Å². The van der Waals surface area contributed by atoms with Crippen LogP contribution in [0.25, 0.3) is 0 Å². The molecule has 3 rings (SSSR count). The van der Waals surface area contributed by atoms with Crippen LogP contribution in [0.2, 0.25) is 0 Å². The molecule has 0 radical (unpaired) electrons. The van der Waals surface area contributed by atoms with Crippen molar-refractivity contribution in [1.82, 2.24) is 9.88 Å². The number of carboxylic acids is 1. The van der Waals surface area contributed by atoms with Gasteiger partial charge in [-0.1, -0.05) is 24.3 Å². The highest BCUT2D eigenvalue weighted by Crippen LogP contribution is 2.23. The molecule has 4 nitrogen and oxygen atoms in total. The van der Waals surface area contributed by atoms with Crippen molar-refractivity contribution in [3.8, 4) is 0 Å². The SMILES string of the molecule is O=C(O)C1Cc2ccccc2CN1CCc1ccncc1. The molecular formula is C17H18N2O2. The highest BCUT2D eigenvalue weighted by atomic mass is 16.4. The van der Waals surface area contributed by atoms with Gasteiger partial charge in [0, 0.05) is 25.5 Å². The van der Waals surface area contributed by atoms with Crippen LogP contribution in [0, 0.1) is 0 Å². The Morgan fingerprint density at radius 3 is 2.62 bits per heavy atom. The molecule has 21 heavy (non-hydrogen) atoms. The van der Waals surface area contributed by atoms with Crippen molar-refractivity contribution >= 4 is 5.97 Å². The van der Waals surface area contributed by atoms with Crippen LogP contribution in [-0.2, 0) is 24.2 Å². The molecule has 1 aliphatic rings. The van der Waals surface area contributed by atoms with Gasteiger partial charge in [-0.25, -0.2) is 0 Å². The van der Waals surface area contributed by atoms with Crippen molar-refractivity contribution in [2.24, 2.45) is 0 Å². The molecule has 1 unspecified atom stereocenters. The summed E-state index contributed by atoms with van der Waals surface area (Å²) in [6.07, 6.45) is 4.97. The molecular weight excluding hydrogens is 264 g/mol. The summed E-state index contributed by atoms with van der Waals surface area (Å²) >= 11 is 0. The van der Waals surface area contributed by atoms with Gasteiger partial charge in [-0.05, 0) is 41.7 Å². The van der Waals surface area contributed by atoms with E-state index in [0.29, 0.717) is 13.0 Å². The van der Waals surface area contributed by atoms with Crippen molar-refractivity contribution in [3.63, 3.8) is 0 Å². The van der Waals surface area contributed by atoms with Gasteiger partial charge in [0.15, 0.2) is 0 Å². The molecule has 0 aliphatic carbocycles. The van der Waals surface area contributed by atoms with E-state index in [0.717, 1.165) is 18.5 Å². The predicted molar refractivity (Wildman–Crippen MR) is 79.9 cm³/mol. The van der Waals surface area contributed by atoms with Crippen molar-refractivity contribution in [2.75, 3.05) is 6.54 Å². The third kappa shape index (κ3) is 3.11. The number of fused-ring (bicyclic) bond motifs is 1. The summed E-state index contributed by atoms with van der Waals surface area (Å²) in [4.78, 5) is 17.6. The van der Waals surface area contributed by atoms with Crippen LogP contribution in [0.4, 0.5) is 0 Å². The number of carboxylic acid groups (broad SMARTS) is 1. The number of hydrogen-bond acceptors (Lipinski definition) is 3. The number of hydrogen-bond donors (Lipinski definition) is 1. The zero-order valence-corrected chi connectivity index (χ0v) is 11.8. The zero-order chi connectivity index (χ0) is 14.7. The maximum Gasteiger partial charge on any atom is 0.321 e. The molecule has 1 aliphatic heterocycles.